The van der Waals surface area contributed by atoms with Crippen molar-refractivity contribution in [3.63, 3.8) is 0 Å². The van der Waals surface area contributed by atoms with E-state index >= 15 is 0 Å². The molecule has 3 atom stereocenters. The molecule has 0 saturated heterocycles. The molecule has 0 aromatic carbocycles. The Morgan fingerprint density at radius 3 is 1.14 bits per heavy atom. The van der Waals surface area contributed by atoms with Crippen LogP contribution in [0.2, 0.25) is 0 Å². The molecule has 0 heterocycles. The van der Waals surface area contributed by atoms with Crippen LogP contribution in [0.5, 0.6) is 0 Å². The number of amides is 1. The highest BCUT2D eigenvalue weighted by atomic mass is 31.2. The number of unbranched alkanes of at least 4 members (excludes halogenated alkanes) is 43. The molecule has 0 aliphatic heterocycles. The number of hydrogen-bond acceptors (Lipinski definition) is 6. The fraction of sp³-hybridized carbons (Fsp3) is 0.922. The molecule has 0 bridgehead atoms. The van der Waals surface area contributed by atoms with Crippen molar-refractivity contribution < 1.29 is 32.9 Å². The van der Waals surface area contributed by atoms with Gasteiger partial charge in [0.1, 0.15) is 13.2 Å². The highest BCUT2D eigenvalue weighted by molar-refractivity contribution is 7.45. The van der Waals surface area contributed by atoms with Crippen LogP contribution in [-0.2, 0) is 18.4 Å². The standard InChI is InChI=1S/C64H127N2O6P/c1-6-8-10-12-14-16-18-20-22-24-26-28-29-30-31-32-33-34-35-36-37-38-40-42-44-46-48-50-52-54-56-58-64(68)65-62(61-72-73(69,70)71-60-59-66(3,4)5)63(67)57-55-53-51-49-47-45-43-41-39-27-25-23-21-19-17-15-13-11-9-7-2/h18,20,24,26,62-63,67H,6-17,19,21-23,25,27-61H2,1-5H3,(H-,65,68,69,70)/b20-18-,26-24-. The number of carbonyl (C=O) groups is 1. The number of nitrogens with one attached hydrogen (secondary N) is 1. The van der Waals surface area contributed by atoms with Crippen LogP contribution < -0.4 is 10.2 Å². The Morgan fingerprint density at radius 1 is 0.479 bits per heavy atom. The molecule has 0 fully saturated rings. The summed E-state index contributed by atoms with van der Waals surface area (Å²) >= 11 is 0. The van der Waals surface area contributed by atoms with Crippen LogP contribution in [0.25, 0.3) is 0 Å². The predicted molar refractivity (Wildman–Crippen MR) is 316 cm³/mol. The van der Waals surface area contributed by atoms with Crippen LogP contribution in [0, 0.1) is 0 Å². The highest BCUT2D eigenvalue weighted by Gasteiger charge is 2.24. The molecule has 9 heteroatoms. The van der Waals surface area contributed by atoms with E-state index < -0.39 is 20.0 Å². The number of rotatable bonds is 60. The van der Waals surface area contributed by atoms with Crippen molar-refractivity contribution in [3.05, 3.63) is 24.3 Å². The number of hydrogen-bond donors (Lipinski definition) is 2. The van der Waals surface area contributed by atoms with Crippen LogP contribution in [0.4, 0.5) is 0 Å². The van der Waals surface area contributed by atoms with Gasteiger partial charge in [0.25, 0.3) is 7.82 Å². The van der Waals surface area contributed by atoms with E-state index in [9.17, 15) is 19.4 Å². The fourth-order valence-electron chi connectivity index (χ4n) is 9.90. The second-order valence-electron chi connectivity index (χ2n) is 23.5. The molecule has 0 aromatic heterocycles. The Kier molecular flexibility index (Phi) is 54.9. The third kappa shape index (κ3) is 58.5. The summed E-state index contributed by atoms with van der Waals surface area (Å²) in [5.41, 5.74) is 0. The number of nitrogens with zero attached hydrogens (tertiary/aromatic N) is 1. The van der Waals surface area contributed by atoms with E-state index in [-0.39, 0.29) is 19.1 Å². The minimum atomic E-state index is -4.57. The summed E-state index contributed by atoms with van der Waals surface area (Å²) in [4.78, 5) is 25.6. The lowest BCUT2D eigenvalue weighted by Gasteiger charge is -2.30. The van der Waals surface area contributed by atoms with Gasteiger partial charge in [-0.3, -0.25) is 9.36 Å². The second kappa shape index (κ2) is 55.7. The molecule has 73 heavy (non-hydrogen) atoms. The average molecular weight is 1050 g/mol. The molecule has 8 nitrogen and oxygen atoms in total. The van der Waals surface area contributed by atoms with E-state index in [2.05, 4.69) is 43.5 Å². The first-order valence-electron chi connectivity index (χ1n) is 32.2. The highest BCUT2D eigenvalue weighted by Crippen LogP contribution is 2.38. The Hall–Kier alpha value is -1.02. The zero-order chi connectivity index (χ0) is 53.5. The van der Waals surface area contributed by atoms with Crippen LogP contribution >= 0.6 is 7.82 Å². The summed E-state index contributed by atoms with van der Waals surface area (Å²) in [6.45, 7) is 4.76. The van der Waals surface area contributed by atoms with E-state index in [1.54, 1.807) is 0 Å². The van der Waals surface area contributed by atoms with Crippen molar-refractivity contribution in [2.24, 2.45) is 0 Å². The van der Waals surface area contributed by atoms with E-state index in [0.29, 0.717) is 23.9 Å². The summed E-state index contributed by atoms with van der Waals surface area (Å²) in [6.07, 6.45) is 70.9. The lowest BCUT2D eigenvalue weighted by Crippen LogP contribution is -2.46. The number of quaternary nitrogens is 1. The molecule has 1 amide bonds. The van der Waals surface area contributed by atoms with Gasteiger partial charge >= 0.3 is 0 Å². The largest absolute Gasteiger partial charge is 0.756 e. The van der Waals surface area contributed by atoms with Crippen LogP contribution in [0.3, 0.4) is 0 Å². The van der Waals surface area contributed by atoms with Gasteiger partial charge in [-0.15, -0.1) is 0 Å². The molecular weight excluding hydrogens is 924 g/mol. The topological polar surface area (TPSA) is 108 Å². The van der Waals surface area contributed by atoms with Crippen LogP contribution in [-0.4, -0.2) is 68.5 Å². The maximum absolute atomic E-state index is 13.0. The van der Waals surface area contributed by atoms with Crippen molar-refractivity contribution in [1.82, 2.24) is 5.32 Å². The van der Waals surface area contributed by atoms with Gasteiger partial charge in [0.15, 0.2) is 0 Å². The maximum Gasteiger partial charge on any atom is 0.268 e. The normalized spacial score (nSPS) is 13.9. The first-order chi connectivity index (χ1) is 35.5. The molecule has 2 N–H and O–H groups in total. The molecule has 3 unspecified atom stereocenters. The number of likely N-dealkylation sites (N-methyl/N-ethyl adjacent to an activating group) is 1. The smallest absolute Gasteiger partial charge is 0.268 e. The van der Waals surface area contributed by atoms with Gasteiger partial charge in [0, 0.05) is 6.42 Å². The van der Waals surface area contributed by atoms with Gasteiger partial charge in [-0.1, -0.05) is 301 Å². The Balaban J connectivity index is 4.02. The number of carbonyl (C=O) groups excluding carboxylic acids is 1. The fourth-order valence-corrected chi connectivity index (χ4v) is 10.6. The maximum atomic E-state index is 13.0. The molecule has 0 aliphatic rings. The lowest BCUT2D eigenvalue weighted by atomic mass is 10.0. The van der Waals surface area contributed by atoms with Gasteiger partial charge in [0.05, 0.1) is 39.9 Å². The molecular formula is C64H127N2O6P. The molecule has 0 spiro atoms. The van der Waals surface area contributed by atoms with Crippen molar-refractivity contribution in [3.8, 4) is 0 Å². The molecule has 434 valence electrons. The third-order valence-corrected chi connectivity index (χ3v) is 15.9. The zero-order valence-corrected chi connectivity index (χ0v) is 50.5. The van der Waals surface area contributed by atoms with Gasteiger partial charge < -0.3 is 28.8 Å². The van der Waals surface area contributed by atoms with Crippen molar-refractivity contribution in [2.75, 3.05) is 40.9 Å². The summed E-state index contributed by atoms with van der Waals surface area (Å²) < 4.78 is 23.5. The van der Waals surface area contributed by atoms with Crippen molar-refractivity contribution >= 4 is 13.7 Å². The van der Waals surface area contributed by atoms with Crippen molar-refractivity contribution in [1.29, 1.82) is 0 Å². The van der Waals surface area contributed by atoms with E-state index in [1.165, 1.54) is 257 Å². The number of allylic oxidation sites excluding steroid dienone is 4. The molecule has 0 aliphatic carbocycles. The van der Waals surface area contributed by atoms with E-state index in [4.69, 9.17) is 9.05 Å². The predicted octanol–water partition coefficient (Wildman–Crippen LogP) is 19.3. The van der Waals surface area contributed by atoms with Crippen molar-refractivity contribution in [2.45, 2.75) is 341 Å². The number of aliphatic hydroxyl groups is 1. The third-order valence-electron chi connectivity index (χ3n) is 14.9. The summed E-state index contributed by atoms with van der Waals surface area (Å²) in [5, 5.41) is 14.1. The Bertz CT molecular complexity index is 1240. The molecule has 0 saturated carbocycles. The first-order valence-corrected chi connectivity index (χ1v) is 33.6. The number of phosphoric ester groups is 1. The van der Waals surface area contributed by atoms with Gasteiger partial charge in [-0.05, 0) is 44.9 Å². The number of aliphatic hydroxyl groups excluding tert-OH is 1. The first kappa shape index (κ1) is 72.0. The lowest BCUT2D eigenvalue weighted by molar-refractivity contribution is -0.870. The molecule has 0 rings (SSSR count). The monoisotopic (exact) mass is 1050 g/mol. The van der Waals surface area contributed by atoms with Gasteiger partial charge in [0.2, 0.25) is 5.91 Å². The summed E-state index contributed by atoms with van der Waals surface area (Å²) in [7, 11) is 1.32. The average Bonchev–Trinajstić information content (AvgIpc) is 3.35. The van der Waals surface area contributed by atoms with Gasteiger partial charge in [-0.25, -0.2) is 0 Å². The summed E-state index contributed by atoms with van der Waals surface area (Å²) in [5.74, 6) is -0.158. The molecule has 0 aromatic rings. The Labute approximate surface area is 455 Å². The second-order valence-corrected chi connectivity index (χ2v) is 24.9. The molecule has 0 radical (unpaired) electrons. The van der Waals surface area contributed by atoms with Crippen LogP contribution in [0.15, 0.2) is 24.3 Å². The SMILES string of the molecule is CCCCCCC/C=C\C/C=C\CCCCCCCCCCCCCCCCCCCCCC(=O)NC(COP(=O)([O-])OCC[N+](C)(C)C)C(O)CCCCCCCCCCCCCCCCCCCCCC. The summed E-state index contributed by atoms with van der Waals surface area (Å²) in [6, 6.07) is -0.799. The minimum Gasteiger partial charge on any atom is -0.756 e. The van der Waals surface area contributed by atoms with E-state index in [1.807, 2.05) is 21.1 Å². The van der Waals surface area contributed by atoms with Gasteiger partial charge in [-0.2, -0.15) is 0 Å². The zero-order valence-electron chi connectivity index (χ0n) is 49.6. The van der Waals surface area contributed by atoms with E-state index in [0.717, 1.165) is 44.9 Å². The number of phosphoric acid groups is 1. The Morgan fingerprint density at radius 2 is 0.795 bits per heavy atom. The van der Waals surface area contributed by atoms with Crippen LogP contribution in [0.1, 0.15) is 328 Å². The quantitative estimate of drug-likeness (QED) is 0.0272. The minimum absolute atomic E-state index is 0.0149.